The molecule has 2 rings (SSSR count). The molecule has 27 heavy (non-hydrogen) atoms. The molecule has 0 spiro atoms. The molecule has 0 aliphatic carbocycles. The van der Waals surface area contributed by atoms with E-state index in [1.807, 2.05) is 27.1 Å². The number of carbonyl (C=O) groups excluding carboxylic acids is 2. The van der Waals surface area contributed by atoms with Crippen LogP contribution in [0.4, 0.5) is 11.5 Å². The zero-order valence-electron chi connectivity index (χ0n) is 15.5. The van der Waals surface area contributed by atoms with E-state index >= 15 is 0 Å². The number of benzene rings is 1. The average molecular weight is 366 g/mol. The van der Waals surface area contributed by atoms with Gasteiger partial charge in [-0.2, -0.15) is 10.4 Å². The number of rotatable bonds is 7. The standard InChI is InChI=1S/C19H22N6O2/c1-4-16(25-12-14(11-20)18(21)23-25)19(27)22-15-7-5-6-13(10-15)17(26)8-9-24(2)3/h5-10,12,16H,4H2,1-3H3,(H2,21,23)(H,22,27). The SMILES string of the molecule is CCC(C(=O)Nc1cccc(C(=O)C=CN(C)C)c1)n1cc(C#N)c(N)n1. The van der Waals surface area contributed by atoms with E-state index < -0.39 is 6.04 Å². The highest BCUT2D eigenvalue weighted by Gasteiger charge is 2.21. The second kappa shape index (κ2) is 8.67. The number of amides is 1. The van der Waals surface area contributed by atoms with Gasteiger partial charge in [-0.15, -0.1) is 0 Å². The van der Waals surface area contributed by atoms with Gasteiger partial charge in [-0.1, -0.05) is 19.1 Å². The van der Waals surface area contributed by atoms with Crippen molar-refractivity contribution in [2.45, 2.75) is 19.4 Å². The van der Waals surface area contributed by atoms with Gasteiger partial charge in [0.15, 0.2) is 11.6 Å². The molecule has 1 amide bonds. The van der Waals surface area contributed by atoms with Crippen LogP contribution in [-0.4, -0.2) is 40.5 Å². The summed E-state index contributed by atoms with van der Waals surface area (Å²) in [5.74, 6) is -0.382. The molecule has 0 aliphatic rings. The summed E-state index contributed by atoms with van der Waals surface area (Å²) >= 11 is 0. The molecule has 1 aromatic heterocycles. The Balaban J connectivity index is 2.17. The Morgan fingerprint density at radius 1 is 1.44 bits per heavy atom. The predicted octanol–water partition coefficient (Wildman–Crippen LogP) is 2.18. The smallest absolute Gasteiger partial charge is 0.249 e. The summed E-state index contributed by atoms with van der Waals surface area (Å²) in [5, 5.41) is 15.8. The molecule has 0 saturated heterocycles. The Bertz CT molecular complexity index is 907. The molecule has 1 atom stereocenters. The summed E-state index contributed by atoms with van der Waals surface area (Å²) in [6, 6.07) is 8.02. The van der Waals surface area contributed by atoms with E-state index in [-0.39, 0.29) is 23.1 Å². The van der Waals surface area contributed by atoms with Gasteiger partial charge in [0.2, 0.25) is 5.91 Å². The molecule has 0 saturated carbocycles. The number of hydrogen-bond donors (Lipinski definition) is 2. The van der Waals surface area contributed by atoms with Gasteiger partial charge in [-0.3, -0.25) is 14.3 Å². The number of nitrogens with two attached hydrogens (primary N) is 1. The molecule has 3 N–H and O–H groups in total. The Hall–Kier alpha value is -3.60. The van der Waals surface area contributed by atoms with E-state index in [9.17, 15) is 9.59 Å². The van der Waals surface area contributed by atoms with Crippen LogP contribution < -0.4 is 11.1 Å². The van der Waals surface area contributed by atoms with Gasteiger partial charge in [-0.05, 0) is 18.6 Å². The van der Waals surface area contributed by atoms with Crippen molar-refractivity contribution in [3.63, 3.8) is 0 Å². The Morgan fingerprint density at radius 3 is 2.78 bits per heavy atom. The van der Waals surface area contributed by atoms with Gasteiger partial charge < -0.3 is 16.0 Å². The summed E-state index contributed by atoms with van der Waals surface area (Å²) in [4.78, 5) is 26.6. The average Bonchev–Trinajstić information content (AvgIpc) is 3.00. The van der Waals surface area contributed by atoms with E-state index in [4.69, 9.17) is 11.0 Å². The minimum atomic E-state index is -0.623. The fourth-order valence-electron chi connectivity index (χ4n) is 2.43. The van der Waals surface area contributed by atoms with Crippen LogP contribution in [0.15, 0.2) is 42.7 Å². The number of nitrogens with one attached hydrogen (secondary N) is 1. The number of aromatic nitrogens is 2. The minimum Gasteiger partial charge on any atom is -0.383 e. The monoisotopic (exact) mass is 366 g/mol. The largest absolute Gasteiger partial charge is 0.383 e. The van der Waals surface area contributed by atoms with Crippen molar-refractivity contribution in [1.82, 2.24) is 14.7 Å². The molecule has 1 unspecified atom stereocenters. The highest BCUT2D eigenvalue weighted by molar-refractivity contribution is 6.05. The number of nitrogen functional groups attached to an aromatic ring is 1. The van der Waals surface area contributed by atoms with Crippen LogP contribution in [-0.2, 0) is 4.79 Å². The zero-order chi connectivity index (χ0) is 20.0. The summed E-state index contributed by atoms with van der Waals surface area (Å²) in [5.41, 5.74) is 6.86. The van der Waals surface area contributed by atoms with Crippen molar-refractivity contribution >= 4 is 23.2 Å². The quantitative estimate of drug-likeness (QED) is 0.573. The lowest BCUT2D eigenvalue weighted by Crippen LogP contribution is -2.26. The van der Waals surface area contributed by atoms with E-state index in [0.29, 0.717) is 17.7 Å². The number of carbonyl (C=O) groups is 2. The Kier molecular flexibility index (Phi) is 6.33. The molecule has 2 aromatic rings. The van der Waals surface area contributed by atoms with Crippen molar-refractivity contribution in [1.29, 1.82) is 5.26 Å². The second-order valence-corrected chi connectivity index (χ2v) is 6.16. The van der Waals surface area contributed by atoms with Crippen LogP contribution in [0.5, 0.6) is 0 Å². The molecule has 0 bridgehead atoms. The molecule has 1 aromatic carbocycles. The lowest BCUT2D eigenvalue weighted by Gasteiger charge is -2.15. The van der Waals surface area contributed by atoms with Crippen LogP contribution in [0.25, 0.3) is 0 Å². The van der Waals surface area contributed by atoms with E-state index in [1.54, 1.807) is 35.4 Å². The fourth-order valence-corrected chi connectivity index (χ4v) is 2.43. The molecular formula is C19H22N6O2. The first-order valence-corrected chi connectivity index (χ1v) is 8.40. The summed E-state index contributed by atoms with van der Waals surface area (Å²) in [6.45, 7) is 1.83. The van der Waals surface area contributed by atoms with Crippen LogP contribution in [0.1, 0.15) is 35.3 Å². The molecular weight excluding hydrogens is 344 g/mol. The number of allylic oxidation sites excluding steroid dienone is 1. The lowest BCUT2D eigenvalue weighted by atomic mass is 10.1. The molecule has 0 fully saturated rings. The van der Waals surface area contributed by atoms with Crippen LogP contribution in [0, 0.1) is 11.3 Å². The normalized spacial score (nSPS) is 11.8. The summed E-state index contributed by atoms with van der Waals surface area (Å²) in [6.07, 6.45) is 5.04. The number of nitrogens with zero attached hydrogens (tertiary/aromatic N) is 4. The number of anilines is 2. The maximum Gasteiger partial charge on any atom is 0.249 e. The van der Waals surface area contributed by atoms with Gasteiger partial charge in [0.25, 0.3) is 0 Å². The van der Waals surface area contributed by atoms with Gasteiger partial charge in [0.1, 0.15) is 17.7 Å². The van der Waals surface area contributed by atoms with Gasteiger partial charge in [-0.25, -0.2) is 0 Å². The second-order valence-electron chi connectivity index (χ2n) is 6.16. The number of ketones is 1. The van der Waals surface area contributed by atoms with Gasteiger partial charge in [0.05, 0.1) is 0 Å². The predicted molar refractivity (Wildman–Crippen MR) is 103 cm³/mol. The first-order chi connectivity index (χ1) is 12.8. The van der Waals surface area contributed by atoms with Crippen molar-refractivity contribution in [3.05, 3.63) is 53.9 Å². The summed E-state index contributed by atoms with van der Waals surface area (Å²) in [7, 11) is 3.65. The zero-order valence-corrected chi connectivity index (χ0v) is 15.5. The Labute approximate surface area is 157 Å². The molecule has 1 heterocycles. The first-order valence-electron chi connectivity index (χ1n) is 8.40. The number of nitriles is 1. The molecule has 8 heteroatoms. The van der Waals surface area contributed by atoms with Crippen molar-refractivity contribution in [3.8, 4) is 6.07 Å². The maximum atomic E-state index is 12.6. The lowest BCUT2D eigenvalue weighted by molar-refractivity contribution is -0.119. The van der Waals surface area contributed by atoms with Gasteiger partial charge >= 0.3 is 0 Å². The minimum absolute atomic E-state index is 0.0871. The van der Waals surface area contributed by atoms with Crippen LogP contribution in [0.3, 0.4) is 0 Å². The van der Waals surface area contributed by atoms with Crippen molar-refractivity contribution in [2.24, 2.45) is 0 Å². The van der Waals surface area contributed by atoms with Crippen molar-refractivity contribution < 1.29 is 9.59 Å². The fraction of sp³-hybridized carbons (Fsp3) is 0.263. The highest BCUT2D eigenvalue weighted by atomic mass is 16.2. The molecule has 140 valence electrons. The van der Waals surface area contributed by atoms with E-state index in [2.05, 4.69) is 10.4 Å². The summed E-state index contributed by atoms with van der Waals surface area (Å²) < 4.78 is 1.39. The van der Waals surface area contributed by atoms with Crippen LogP contribution in [0.2, 0.25) is 0 Å². The molecule has 0 aliphatic heterocycles. The third-order valence-corrected chi connectivity index (χ3v) is 3.83. The highest BCUT2D eigenvalue weighted by Crippen LogP contribution is 2.19. The maximum absolute atomic E-state index is 12.6. The first kappa shape index (κ1) is 19.7. The van der Waals surface area contributed by atoms with E-state index in [1.165, 1.54) is 17.0 Å². The number of hydrogen-bond acceptors (Lipinski definition) is 6. The molecule has 8 nitrogen and oxygen atoms in total. The Morgan fingerprint density at radius 2 is 2.19 bits per heavy atom. The third kappa shape index (κ3) is 4.95. The van der Waals surface area contributed by atoms with Gasteiger partial charge in [0, 0.05) is 43.8 Å². The van der Waals surface area contributed by atoms with Crippen LogP contribution >= 0.6 is 0 Å². The van der Waals surface area contributed by atoms with Crippen molar-refractivity contribution in [2.75, 3.05) is 25.1 Å². The third-order valence-electron chi connectivity index (χ3n) is 3.83. The topological polar surface area (TPSA) is 117 Å². The molecule has 0 radical (unpaired) electrons. The van der Waals surface area contributed by atoms with E-state index in [0.717, 1.165) is 0 Å².